The second-order valence-electron chi connectivity index (χ2n) is 7.01. The number of amides is 1. The Labute approximate surface area is 158 Å². The maximum Gasteiger partial charge on any atom is 0.416 e. The van der Waals surface area contributed by atoms with Gasteiger partial charge in [0.05, 0.1) is 24.6 Å². The van der Waals surface area contributed by atoms with Crippen molar-refractivity contribution in [3.8, 4) is 0 Å². The SMILES string of the molecule is O=C1OCC(C2CCOCC2)N1c1noc2c(F)c(F)c(C3OCCO3)cc12. The van der Waals surface area contributed by atoms with Crippen LogP contribution in [0, 0.1) is 17.6 Å². The van der Waals surface area contributed by atoms with Crippen molar-refractivity contribution < 1.29 is 37.0 Å². The molecule has 4 heterocycles. The molecule has 3 saturated heterocycles. The fourth-order valence-electron chi connectivity index (χ4n) is 4.03. The summed E-state index contributed by atoms with van der Waals surface area (Å²) in [5.41, 5.74) is -0.457. The zero-order valence-corrected chi connectivity index (χ0v) is 14.9. The first kappa shape index (κ1) is 17.8. The second-order valence-corrected chi connectivity index (χ2v) is 7.01. The lowest BCUT2D eigenvalue weighted by Crippen LogP contribution is -2.41. The van der Waals surface area contributed by atoms with E-state index in [1.165, 1.54) is 11.0 Å². The van der Waals surface area contributed by atoms with Gasteiger partial charge < -0.3 is 23.5 Å². The van der Waals surface area contributed by atoms with E-state index in [-0.39, 0.29) is 54.1 Å². The summed E-state index contributed by atoms with van der Waals surface area (Å²) in [5.74, 6) is -2.06. The summed E-state index contributed by atoms with van der Waals surface area (Å²) in [7, 11) is 0. The van der Waals surface area contributed by atoms with Crippen molar-refractivity contribution in [2.75, 3.05) is 37.9 Å². The van der Waals surface area contributed by atoms with Crippen LogP contribution in [-0.4, -0.2) is 50.3 Å². The number of hydrogen-bond acceptors (Lipinski definition) is 7. The molecule has 3 fully saturated rings. The average molecular weight is 396 g/mol. The molecule has 0 aliphatic carbocycles. The highest BCUT2D eigenvalue weighted by molar-refractivity contribution is 5.99. The molecule has 2 aromatic rings. The molecule has 5 rings (SSSR count). The smallest absolute Gasteiger partial charge is 0.416 e. The van der Waals surface area contributed by atoms with Crippen molar-refractivity contribution >= 4 is 22.9 Å². The summed E-state index contributed by atoms with van der Waals surface area (Å²) >= 11 is 0. The summed E-state index contributed by atoms with van der Waals surface area (Å²) in [5, 5.41) is 4.04. The summed E-state index contributed by atoms with van der Waals surface area (Å²) in [4.78, 5) is 13.8. The van der Waals surface area contributed by atoms with E-state index in [1.807, 2.05) is 0 Å². The van der Waals surface area contributed by atoms with Crippen molar-refractivity contribution in [1.82, 2.24) is 5.16 Å². The molecule has 1 unspecified atom stereocenters. The number of carbonyl (C=O) groups is 1. The molecule has 0 N–H and O–H groups in total. The summed E-state index contributed by atoms with van der Waals surface area (Å²) in [6.45, 7) is 1.96. The molecule has 3 aliphatic heterocycles. The van der Waals surface area contributed by atoms with Gasteiger partial charge in [0.1, 0.15) is 6.61 Å². The number of hydrogen-bond donors (Lipinski definition) is 0. The van der Waals surface area contributed by atoms with Crippen LogP contribution < -0.4 is 4.90 Å². The minimum absolute atomic E-state index is 0.0952. The minimum atomic E-state index is -1.19. The number of rotatable bonds is 3. The monoisotopic (exact) mass is 396 g/mol. The number of benzene rings is 1. The summed E-state index contributed by atoms with van der Waals surface area (Å²) < 4.78 is 55.3. The number of nitrogens with zero attached hydrogens (tertiary/aromatic N) is 2. The fraction of sp³-hybridized carbons (Fsp3) is 0.556. The van der Waals surface area contributed by atoms with E-state index < -0.39 is 24.0 Å². The number of aromatic nitrogens is 1. The van der Waals surface area contributed by atoms with E-state index in [1.54, 1.807) is 0 Å². The molecular weight excluding hydrogens is 378 g/mol. The number of anilines is 1. The lowest BCUT2D eigenvalue weighted by molar-refractivity contribution is -0.0467. The molecule has 10 heteroatoms. The van der Waals surface area contributed by atoms with Crippen LogP contribution in [-0.2, 0) is 18.9 Å². The molecule has 150 valence electrons. The highest BCUT2D eigenvalue weighted by atomic mass is 19.2. The number of ether oxygens (including phenoxy) is 4. The highest BCUT2D eigenvalue weighted by Crippen LogP contribution is 2.39. The van der Waals surface area contributed by atoms with Crippen LogP contribution in [0.1, 0.15) is 24.7 Å². The van der Waals surface area contributed by atoms with Crippen LogP contribution in [0.25, 0.3) is 11.0 Å². The van der Waals surface area contributed by atoms with Crippen molar-refractivity contribution in [2.45, 2.75) is 25.2 Å². The molecule has 1 atom stereocenters. The average Bonchev–Trinajstić information content (AvgIpc) is 3.45. The van der Waals surface area contributed by atoms with E-state index in [2.05, 4.69) is 5.16 Å². The van der Waals surface area contributed by atoms with Gasteiger partial charge in [-0.1, -0.05) is 5.16 Å². The van der Waals surface area contributed by atoms with Crippen LogP contribution in [0.4, 0.5) is 19.4 Å². The molecule has 3 aliphatic rings. The first-order valence-corrected chi connectivity index (χ1v) is 9.19. The van der Waals surface area contributed by atoms with Crippen molar-refractivity contribution in [1.29, 1.82) is 0 Å². The van der Waals surface area contributed by atoms with E-state index in [0.717, 1.165) is 12.8 Å². The molecule has 0 radical (unpaired) electrons. The van der Waals surface area contributed by atoms with Gasteiger partial charge in [0.15, 0.2) is 17.9 Å². The lowest BCUT2D eigenvalue weighted by atomic mass is 9.91. The van der Waals surface area contributed by atoms with Gasteiger partial charge >= 0.3 is 6.09 Å². The van der Waals surface area contributed by atoms with E-state index in [0.29, 0.717) is 13.2 Å². The predicted molar refractivity (Wildman–Crippen MR) is 89.7 cm³/mol. The Morgan fingerprint density at radius 3 is 2.57 bits per heavy atom. The zero-order chi connectivity index (χ0) is 19.3. The first-order valence-electron chi connectivity index (χ1n) is 9.19. The van der Waals surface area contributed by atoms with Crippen LogP contribution in [0.3, 0.4) is 0 Å². The molecule has 0 bridgehead atoms. The topological polar surface area (TPSA) is 83.3 Å². The Hall–Kier alpha value is -2.30. The molecule has 1 amide bonds. The normalized spacial score (nSPS) is 24.4. The van der Waals surface area contributed by atoms with Gasteiger partial charge in [-0.2, -0.15) is 4.39 Å². The van der Waals surface area contributed by atoms with Gasteiger partial charge in [0.2, 0.25) is 11.4 Å². The predicted octanol–water partition coefficient (Wildman–Crippen LogP) is 2.90. The summed E-state index contributed by atoms with van der Waals surface area (Å²) in [6, 6.07) is 1.09. The number of halogens is 2. The van der Waals surface area contributed by atoms with Crippen LogP contribution in [0.5, 0.6) is 0 Å². The summed E-state index contributed by atoms with van der Waals surface area (Å²) in [6.07, 6.45) is -0.0678. The van der Waals surface area contributed by atoms with Crippen LogP contribution in [0.15, 0.2) is 10.6 Å². The Balaban J connectivity index is 1.58. The fourth-order valence-corrected chi connectivity index (χ4v) is 4.03. The lowest BCUT2D eigenvalue weighted by Gasteiger charge is -2.30. The number of fused-ring (bicyclic) bond motifs is 1. The highest BCUT2D eigenvalue weighted by Gasteiger charge is 2.43. The van der Waals surface area contributed by atoms with Gasteiger partial charge in [0.25, 0.3) is 0 Å². The van der Waals surface area contributed by atoms with Crippen LogP contribution in [0.2, 0.25) is 0 Å². The molecule has 0 spiro atoms. The molecule has 1 aromatic carbocycles. The Kier molecular flexibility index (Phi) is 4.41. The van der Waals surface area contributed by atoms with E-state index >= 15 is 0 Å². The van der Waals surface area contributed by atoms with E-state index in [9.17, 15) is 13.6 Å². The van der Waals surface area contributed by atoms with E-state index in [4.69, 9.17) is 23.5 Å². The largest absolute Gasteiger partial charge is 0.447 e. The molecular formula is C18H18F2N2O6. The second kappa shape index (κ2) is 6.94. The molecule has 1 aromatic heterocycles. The van der Waals surface area contributed by atoms with Gasteiger partial charge in [-0.3, -0.25) is 4.90 Å². The number of cyclic esters (lactones) is 1. The first-order chi connectivity index (χ1) is 13.6. The van der Waals surface area contributed by atoms with Gasteiger partial charge in [0, 0.05) is 18.8 Å². The third-order valence-corrected chi connectivity index (χ3v) is 5.47. The maximum atomic E-state index is 14.6. The third kappa shape index (κ3) is 2.75. The molecule has 28 heavy (non-hydrogen) atoms. The van der Waals surface area contributed by atoms with Crippen molar-refractivity contribution in [3.63, 3.8) is 0 Å². The minimum Gasteiger partial charge on any atom is -0.447 e. The zero-order valence-electron chi connectivity index (χ0n) is 14.9. The Bertz CT molecular complexity index is 907. The standard InChI is InChI=1S/C18H18F2N2O6/c19-13-10(17-25-5-6-26-17)7-11-15(14(13)20)28-21-16(11)22-12(8-27-18(22)23)9-1-3-24-4-2-9/h7,9,12,17H,1-6,8H2. The molecule has 0 saturated carbocycles. The number of carbonyl (C=O) groups excluding carboxylic acids is 1. The van der Waals surface area contributed by atoms with Crippen LogP contribution >= 0.6 is 0 Å². The van der Waals surface area contributed by atoms with Gasteiger partial charge in [-0.15, -0.1) is 0 Å². The van der Waals surface area contributed by atoms with Gasteiger partial charge in [-0.25, -0.2) is 9.18 Å². The quantitative estimate of drug-likeness (QED) is 0.789. The Morgan fingerprint density at radius 2 is 1.82 bits per heavy atom. The third-order valence-electron chi connectivity index (χ3n) is 5.47. The Morgan fingerprint density at radius 1 is 1.07 bits per heavy atom. The van der Waals surface area contributed by atoms with Gasteiger partial charge in [-0.05, 0) is 24.8 Å². The van der Waals surface area contributed by atoms with Crippen molar-refractivity contribution in [2.24, 2.45) is 5.92 Å². The van der Waals surface area contributed by atoms with Crippen molar-refractivity contribution in [3.05, 3.63) is 23.3 Å². The molecule has 8 nitrogen and oxygen atoms in total. The maximum absolute atomic E-state index is 14.6.